The molecule has 0 radical (unpaired) electrons. The van der Waals surface area contributed by atoms with Crippen LogP contribution in [0.2, 0.25) is 0 Å². The number of sulfone groups is 1. The molecule has 1 unspecified atom stereocenters. The molecule has 1 fully saturated rings. The van der Waals surface area contributed by atoms with Crippen LogP contribution >= 0.6 is 0 Å². The second kappa shape index (κ2) is 6.14. The minimum absolute atomic E-state index is 0.000934. The zero-order chi connectivity index (χ0) is 18.4. The Hall–Kier alpha value is -2.42. The molecule has 0 amide bonds. The Morgan fingerprint density at radius 3 is 2.56 bits per heavy atom. The first-order valence-corrected chi connectivity index (χ1v) is 9.71. The SMILES string of the molecule is Cc1ccc(-n2nc(C(=O)O)c(N(C)C3CCS(=O)(=O)C3)n2)cc1C. The molecule has 1 aromatic carbocycles. The highest BCUT2D eigenvalue weighted by Crippen LogP contribution is 2.25. The van der Waals surface area contributed by atoms with Gasteiger partial charge in [-0.1, -0.05) is 6.07 Å². The lowest BCUT2D eigenvalue weighted by Crippen LogP contribution is -2.34. The summed E-state index contributed by atoms with van der Waals surface area (Å²) in [5.74, 6) is -0.917. The predicted molar refractivity (Wildman–Crippen MR) is 93.3 cm³/mol. The smallest absolute Gasteiger partial charge is 0.360 e. The molecule has 1 saturated heterocycles. The summed E-state index contributed by atoms with van der Waals surface area (Å²) in [7, 11) is -1.42. The van der Waals surface area contributed by atoms with Crippen molar-refractivity contribution in [2.24, 2.45) is 0 Å². The van der Waals surface area contributed by atoms with Crippen LogP contribution in [-0.4, -0.2) is 59.1 Å². The highest BCUT2D eigenvalue weighted by atomic mass is 32.2. The van der Waals surface area contributed by atoms with Gasteiger partial charge in [0.05, 0.1) is 17.2 Å². The molecule has 1 atom stereocenters. The average molecular weight is 364 g/mol. The number of carboxylic acids is 1. The largest absolute Gasteiger partial charge is 0.476 e. The summed E-state index contributed by atoms with van der Waals surface area (Å²) >= 11 is 0. The van der Waals surface area contributed by atoms with Crippen molar-refractivity contribution in [1.29, 1.82) is 0 Å². The van der Waals surface area contributed by atoms with Gasteiger partial charge in [0.25, 0.3) is 0 Å². The standard InChI is InChI=1S/C16H20N4O4S/c1-10-4-5-12(8-11(10)2)20-17-14(16(21)22)15(18-20)19(3)13-6-7-25(23,24)9-13/h4-5,8,13H,6-7,9H2,1-3H3,(H,21,22). The number of rotatable bonds is 4. The summed E-state index contributed by atoms with van der Waals surface area (Å²) in [6.45, 7) is 3.94. The minimum atomic E-state index is -3.08. The van der Waals surface area contributed by atoms with Crippen LogP contribution in [0.1, 0.15) is 28.0 Å². The van der Waals surface area contributed by atoms with E-state index < -0.39 is 15.8 Å². The maximum absolute atomic E-state index is 11.7. The van der Waals surface area contributed by atoms with E-state index in [2.05, 4.69) is 10.2 Å². The molecule has 2 aromatic rings. The number of hydrogen-bond donors (Lipinski definition) is 1. The van der Waals surface area contributed by atoms with Crippen molar-refractivity contribution >= 4 is 21.6 Å². The quantitative estimate of drug-likeness (QED) is 0.869. The molecule has 0 saturated carbocycles. The Labute approximate surface area is 146 Å². The van der Waals surface area contributed by atoms with Gasteiger partial charge in [-0.25, -0.2) is 13.2 Å². The first-order chi connectivity index (χ1) is 11.7. The van der Waals surface area contributed by atoms with E-state index in [0.29, 0.717) is 12.1 Å². The normalized spacial score (nSPS) is 19.1. The fourth-order valence-electron chi connectivity index (χ4n) is 2.89. The summed E-state index contributed by atoms with van der Waals surface area (Å²) in [4.78, 5) is 14.5. The molecule has 134 valence electrons. The van der Waals surface area contributed by atoms with Gasteiger partial charge in [0.2, 0.25) is 5.69 Å². The Bertz CT molecular complexity index is 936. The van der Waals surface area contributed by atoms with Crippen LogP contribution in [0.4, 0.5) is 5.82 Å². The van der Waals surface area contributed by atoms with Crippen molar-refractivity contribution in [3.8, 4) is 5.69 Å². The zero-order valence-corrected chi connectivity index (χ0v) is 15.1. The molecule has 0 spiro atoms. The van der Waals surface area contributed by atoms with Gasteiger partial charge >= 0.3 is 5.97 Å². The van der Waals surface area contributed by atoms with E-state index in [-0.39, 0.29) is 29.1 Å². The van der Waals surface area contributed by atoms with Crippen LogP contribution in [0.25, 0.3) is 5.69 Å². The third-order valence-electron chi connectivity index (χ3n) is 4.61. The van der Waals surface area contributed by atoms with E-state index in [1.807, 2.05) is 32.0 Å². The first-order valence-electron chi connectivity index (χ1n) is 7.89. The van der Waals surface area contributed by atoms with Crippen molar-refractivity contribution in [2.75, 3.05) is 23.5 Å². The number of aromatic carboxylic acids is 1. The lowest BCUT2D eigenvalue weighted by atomic mass is 10.1. The highest BCUT2D eigenvalue weighted by Gasteiger charge is 2.34. The van der Waals surface area contributed by atoms with Crippen LogP contribution < -0.4 is 4.90 Å². The maximum Gasteiger partial charge on any atom is 0.360 e. The molecule has 9 heteroatoms. The number of carbonyl (C=O) groups is 1. The molecule has 3 rings (SSSR count). The van der Waals surface area contributed by atoms with Crippen LogP contribution in [0.5, 0.6) is 0 Å². The van der Waals surface area contributed by atoms with Crippen molar-refractivity contribution in [3.63, 3.8) is 0 Å². The van der Waals surface area contributed by atoms with Gasteiger partial charge in [0.15, 0.2) is 15.7 Å². The first kappa shape index (κ1) is 17.4. The van der Waals surface area contributed by atoms with Crippen molar-refractivity contribution in [1.82, 2.24) is 15.0 Å². The van der Waals surface area contributed by atoms with Gasteiger partial charge in [0.1, 0.15) is 0 Å². The molecule has 25 heavy (non-hydrogen) atoms. The predicted octanol–water partition coefficient (Wildman–Crippen LogP) is 1.21. The number of carboxylic acid groups (broad SMARTS) is 1. The van der Waals surface area contributed by atoms with Crippen LogP contribution in [-0.2, 0) is 9.84 Å². The van der Waals surface area contributed by atoms with E-state index in [4.69, 9.17) is 0 Å². The van der Waals surface area contributed by atoms with Crippen LogP contribution in [0.15, 0.2) is 18.2 Å². The number of hydrogen-bond acceptors (Lipinski definition) is 6. The second-order valence-electron chi connectivity index (χ2n) is 6.40. The van der Waals surface area contributed by atoms with E-state index in [0.717, 1.165) is 11.1 Å². The highest BCUT2D eigenvalue weighted by molar-refractivity contribution is 7.91. The van der Waals surface area contributed by atoms with Crippen molar-refractivity contribution < 1.29 is 18.3 Å². The molecular formula is C16H20N4O4S. The lowest BCUT2D eigenvalue weighted by Gasteiger charge is -2.22. The molecule has 0 aliphatic carbocycles. The van der Waals surface area contributed by atoms with E-state index in [1.165, 1.54) is 4.80 Å². The fourth-order valence-corrected chi connectivity index (χ4v) is 4.67. The second-order valence-corrected chi connectivity index (χ2v) is 8.63. The number of anilines is 1. The van der Waals surface area contributed by atoms with Gasteiger partial charge in [-0.15, -0.1) is 15.0 Å². The maximum atomic E-state index is 11.7. The van der Waals surface area contributed by atoms with Crippen LogP contribution in [0, 0.1) is 13.8 Å². The summed E-state index contributed by atoms with van der Waals surface area (Å²) in [5, 5.41) is 17.9. The molecule has 2 heterocycles. The molecule has 1 N–H and O–H groups in total. The minimum Gasteiger partial charge on any atom is -0.476 e. The zero-order valence-electron chi connectivity index (χ0n) is 14.3. The third kappa shape index (κ3) is 3.37. The molecule has 1 aromatic heterocycles. The van der Waals surface area contributed by atoms with Gasteiger partial charge < -0.3 is 10.0 Å². The van der Waals surface area contributed by atoms with Gasteiger partial charge in [0, 0.05) is 13.1 Å². The Morgan fingerprint density at radius 1 is 1.28 bits per heavy atom. The van der Waals surface area contributed by atoms with E-state index in [1.54, 1.807) is 11.9 Å². The summed E-state index contributed by atoms with van der Waals surface area (Å²) in [6, 6.07) is 5.32. The summed E-state index contributed by atoms with van der Waals surface area (Å²) in [6.07, 6.45) is 0.453. The Kier molecular flexibility index (Phi) is 4.28. The molecule has 1 aliphatic rings. The molecular weight excluding hydrogens is 344 g/mol. The molecule has 1 aliphatic heterocycles. The van der Waals surface area contributed by atoms with E-state index >= 15 is 0 Å². The number of nitrogens with zero attached hydrogens (tertiary/aromatic N) is 4. The molecule has 0 bridgehead atoms. The lowest BCUT2D eigenvalue weighted by molar-refractivity contribution is 0.0690. The van der Waals surface area contributed by atoms with E-state index in [9.17, 15) is 18.3 Å². The third-order valence-corrected chi connectivity index (χ3v) is 6.36. The van der Waals surface area contributed by atoms with Crippen LogP contribution in [0.3, 0.4) is 0 Å². The molecule has 8 nitrogen and oxygen atoms in total. The fraction of sp³-hybridized carbons (Fsp3) is 0.438. The monoisotopic (exact) mass is 364 g/mol. The Balaban J connectivity index is 2.00. The Morgan fingerprint density at radius 2 is 2.00 bits per heavy atom. The summed E-state index contributed by atoms with van der Waals surface area (Å²) in [5.41, 5.74) is 2.63. The van der Waals surface area contributed by atoms with Crippen molar-refractivity contribution in [2.45, 2.75) is 26.3 Å². The van der Waals surface area contributed by atoms with Gasteiger partial charge in [-0.05, 0) is 43.5 Å². The van der Waals surface area contributed by atoms with Crippen molar-refractivity contribution in [3.05, 3.63) is 35.0 Å². The summed E-state index contributed by atoms with van der Waals surface area (Å²) < 4.78 is 23.4. The van der Waals surface area contributed by atoms with Gasteiger partial charge in [-0.3, -0.25) is 0 Å². The number of benzene rings is 1. The average Bonchev–Trinajstić information content (AvgIpc) is 3.13. The number of aryl methyl sites for hydroxylation is 2. The van der Waals surface area contributed by atoms with Gasteiger partial charge in [-0.2, -0.15) is 0 Å². The topological polar surface area (TPSA) is 105 Å². The number of aromatic nitrogens is 3.